The minimum atomic E-state index is -0.974. The molecule has 2 atom stereocenters. The van der Waals surface area contributed by atoms with Gasteiger partial charge in [-0.2, -0.15) is 5.26 Å². The first-order chi connectivity index (χ1) is 27.9. The van der Waals surface area contributed by atoms with Gasteiger partial charge in [0.25, 0.3) is 17.7 Å². The molecule has 298 valence electrons. The standard InChI is InChI=1S/C45H45ClN6O6/c1-45(2)27-51(26-39(45)58-34-11-9-31(25-47)37(46)24-34)42(55)30-7-5-28(6-8-30)3-4-29-15-19-49(20-16-29)32-17-21-50(22-18-32)33-10-12-35-36(23-33)44(57)52(43(35)56)38-13-14-40(53)48-41(38)54/h5-12,23-24,29,32,38-39H,13-22,26-27H2,1-2H3,(H,48,53,54)/t38?,39-/m0/s1. The van der Waals surface area contributed by atoms with Crippen molar-refractivity contribution in [2.45, 2.75) is 70.6 Å². The van der Waals surface area contributed by atoms with Crippen LogP contribution in [0.5, 0.6) is 5.75 Å². The lowest BCUT2D eigenvalue weighted by Gasteiger charge is -2.42. The first kappa shape index (κ1) is 39.2. The van der Waals surface area contributed by atoms with E-state index in [1.54, 1.807) is 30.3 Å². The number of fused-ring (bicyclic) bond motifs is 1. The molecule has 0 aliphatic carbocycles. The van der Waals surface area contributed by atoms with E-state index in [9.17, 15) is 29.2 Å². The molecule has 3 aromatic rings. The number of imide groups is 2. The third-order valence-electron chi connectivity index (χ3n) is 12.3. The smallest absolute Gasteiger partial charge is 0.262 e. The predicted octanol–water partition coefficient (Wildman–Crippen LogP) is 5.27. The summed E-state index contributed by atoms with van der Waals surface area (Å²) in [5.41, 5.74) is 3.09. The lowest BCUT2D eigenvalue weighted by molar-refractivity contribution is -0.136. The Morgan fingerprint density at radius 2 is 1.60 bits per heavy atom. The molecule has 1 N–H and O–H groups in total. The first-order valence-corrected chi connectivity index (χ1v) is 20.4. The van der Waals surface area contributed by atoms with E-state index >= 15 is 0 Å². The molecule has 0 spiro atoms. The zero-order valence-corrected chi connectivity index (χ0v) is 33.4. The molecule has 13 heteroatoms. The van der Waals surface area contributed by atoms with Crippen molar-refractivity contribution < 1.29 is 28.7 Å². The second-order valence-corrected chi connectivity index (χ2v) is 17.0. The number of piperidine rings is 3. The second kappa shape index (κ2) is 15.9. The highest BCUT2D eigenvalue weighted by Crippen LogP contribution is 2.36. The Morgan fingerprint density at radius 3 is 2.29 bits per heavy atom. The number of ether oxygens (including phenoxy) is 1. The highest BCUT2D eigenvalue weighted by atomic mass is 35.5. The van der Waals surface area contributed by atoms with Gasteiger partial charge in [-0.3, -0.25) is 34.2 Å². The molecule has 4 fully saturated rings. The number of halogens is 1. The Balaban J connectivity index is 0.798. The number of hydrogen-bond donors (Lipinski definition) is 1. The fraction of sp³-hybridized carbons (Fsp3) is 0.422. The lowest BCUT2D eigenvalue weighted by Crippen LogP contribution is -2.54. The third kappa shape index (κ3) is 7.79. The van der Waals surface area contributed by atoms with Gasteiger partial charge >= 0.3 is 0 Å². The number of nitriles is 1. The zero-order valence-electron chi connectivity index (χ0n) is 32.6. The van der Waals surface area contributed by atoms with Gasteiger partial charge in [-0.15, -0.1) is 0 Å². The summed E-state index contributed by atoms with van der Waals surface area (Å²) in [5, 5.41) is 11.8. The van der Waals surface area contributed by atoms with Crippen molar-refractivity contribution in [3.05, 3.63) is 93.5 Å². The molecule has 5 aliphatic rings. The zero-order chi connectivity index (χ0) is 40.7. The third-order valence-corrected chi connectivity index (χ3v) is 12.6. The molecule has 58 heavy (non-hydrogen) atoms. The van der Waals surface area contributed by atoms with Gasteiger partial charge < -0.3 is 19.4 Å². The van der Waals surface area contributed by atoms with Gasteiger partial charge in [0.05, 0.1) is 28.3 Å². The molecule has 0 radical (unpaired) electrons. The molecule has 1 unspecified atom stereocenters. The van der Waals surface area contributed by atoms with Crippen LogP contribution in [0.3, 0.4) is 0 Å². The molecule has 5 aliphatic heterocycles. The van der Waals surface area contributed by atoms with Gasteiger partial charge in [0.2, 0.25) is 11.8 Å². The van der Waals surface area contributed by atoms with Crippen molar-refractivity contribution in [2.75, 3.05) is 44.2 Å². The minimum Gasteiger partial charge on any atom is -0.488 e. The number of anilines is 1. The minimum absolute atomic E-state index is 0.0491. The van der Waals surface area contributed by atoms with Crippen molar-refractivity contribution in [3.63, 3.8) is 0 Å². The Hall–Kier alpha value is -5.69. The molecular weight excluding hydrogens is 756 g/mol. The van der Waals surface area contributed by atoms with Crippen LogP contribution in [0.1, 0.15) is 94.6 Å². The Bertz CT molecular complexity index is 2280. The maximum absolute atomic E-state index is 13.5. The van der Waals surface area contributed by atoms with E-state index in [1.165, 1.54) is 0 Å². The Labute approximate surface area is 343 Å². The van der Waals surface area contributed by atoms with Crippen LogP contribution >= 0.6 is 11.6 Å². The number of amides is 5. The summed E-state index contributed by atoms with van der Waals surface area (Å²) >= 11 is 6.21. The highest BCUT2D eigenvalue weighted by Gasteiger charge is 2.45. The van der Waals surface area contributed by atoms with E-state index in [2.05, 4.69) is 46.9 Å². The quantitative estimate of drug-likeness (QED) is 0.261. The largest absolute Gasteiger partial charge is 0.488 e. The summed E-state index contributed by atoms with van der Waals surface area (Å²) in [6.07, 6.45) is 3.96. The fourth-order valence-electron chi connectivity index (χ4n) is 8.90. The Morgan fingerprint density at radius 1 is 0.879 bits per heavy atom. The molecule has 3 aromatic carbocycles. The van der Waals surface area contributed by atoms with Crippen molar-refractivity contribution in [1.29, 1.82) is 5.26 Å². The summed E-state index contributed by atoms with van der Waals surface area (Å²) in [5.74, 6) is 5.68. The molecule has 0 aromatic heterocycles. The van der Waals surface area contributed by atoms with Crippen molar-refractivity contribution in [3.8, 4) is 23.7 Å². The van der Waals surface area contributed by atoms with Gasteiger partial charge in [-0.1, -0.05) is 37.3 Å². The number of rotatable bonds is 6. The van der Waals surface area contributed by atoms with Crippen molar-refractivity contribution in [1.82, 2.24) is 20.0 Å². The molecule has 5 amide bonds. The maximum atomic E-state index is 13.5. The number of hydrogen-bond acceptors (Lipinski definition) is 9. The average Bonchev–Trinajstić information content (AvgIpc) is 3.66. The van der Waals surface area contributed by atoms with Gasteiger partial charge in [-0.25, -0.2) is 0 Å². The van der Waals surface area contributed by atoms with Gasteiger partial charge in [-0.05, 0) is 99.8 Å². The van der Waals surface area contributed by atoms with Crippen molar-refractivity contribution >= 4 is 46.8 Å². The fourth-order valence-corrected chi connectivity index (χ4v) is 9.11. The Kier molecular flexibility index (Phi) is 10.7. The van der Waals surface area contributed by atoms with E-state index in [4.69, 9.17) is 16.3 Å². The van der Waals surface area contributed by atoms with Crippen LogP contribution < -0.4 is 15.0 Å². The van der Waals surface area contributed by atoms with Gasteiger partial charge in [0, 0.05) is 66.3 Å². The van der Waals surface area contributed by atoms with Crippen LogP contribution in [0.15, 0.2) is 60.7 Å². The normalized spacial score (nSPS) is 22.6. The van der Waals surface area contributed by atoms with E-state index in [-0.39, 0.29) is 30.3 Å². The number of likely N-dealkylation sites (tertiary alicyclic amines) is 2. The van der Waals surface area contributed by atoms with Crippen LogP contribution in [0, 0.1) is 34.5 Å². The van der Waals surface area contributed by atoms with E-state index in [1.807, 2.05) is 35.2 Å². The molecule has 4 saturated heterocycles. The SMILES string of the molecule is CC1(C)CN(C(=O)c2ccc(C#CC3CCN(C4CCN(c5ccc6c(c5)C(=O)N(C5CCC(=O)NC5=O)C6=O)CC4)CC3)cc2)C[C@@H]1Oc1ccc(C#N)c(Cl)c1. The molecule has 8 rings (SSSR count). The topological polar surface area (TPSA) is 143 Å². The summed E-state index contributed by atoms with van der Waals surface area (Å²) in [6.45, 7) is 8.79. The van der Waals surface area contributed by atoms with Crippen LogP contribution in [0.2, 0.25) is 5.02 Å². The van der Waals surface area contributed by atoms with Crippen LogP contribution in [0.25, 0.3) is 0 Å². The lowest BCUT2D eigenvalue weighted by atomic mass is 9.90. The van der Waals surface area contributed by atoms with E-state index in [0.717, 1.165) is 68.0 Å². The van der Waals surface area contributed by atoms with Crippen LogP contribution in [0.4, 0.5) is 5.69 Å². The number of benzene rings is 3. The summed E-state index contributed by atoms with van der Waals surface area (Å²) < 4.78 is 6.25. The number of carbonyl (C=O) groups is 5. The predicted molar refractivity (Wildman–Crippen MR) is 216 cm³/mol. The molecule has 0 bridgehead atoms. The number of carbonyl (C=O) groups excluding carboxylic acids is 5. The molecule has 5 heterocycles. The molecular formula is C45H45ClN6O6. The van der Waals surface area contributed by atoms with Crippen LogP contribution in [-0.4, -0.2) is 102 Å². The summed E-state index contributed by atoms with van der Waals surface area (Å²) in [7, 11) is 0. The highest BCUT2D eigenvalue weighted by molar-refractivity contribution is 6.31. The monoisotopic (exact) mass is 800 g/mol. The van der Waals surface area contributed by atoms with Gasteiger partial charge in [0.15, 0.2) is 0 Å². The number of nitrogens with one attached hydrogen (secondary N) is 1. The molecule has 12 nitrogen and oxygen atoms in total. The van der Waals surface area contributed by atoms with Gasteiger partial charge in [0.1, 0.15) is 24.0 Å². The van der Waals surface area contributed by atoms with Crippen molar-refractivity contribution in [2.24, 2.45) is 11.3 Å². The van der Waals surface area contributed by atoms with Crippen LogP contribution in [-0.2, 0) is 9.59 Å². The average molecular weight is 801 g/mol. The summed E-state index contributed by atoms with van der Waals surface area (Å²) in [4.78, 5) is 71.7. The second-order valence-electron chi connectivity index (χ2n) is 16.6. The van der Waals surface area contributed by atoms with E-state index < -0.39 is 29.7 Å². The first-order valence-electron chi connectivity index (χ1n) is 20.0. The number of nitrogens with zero attached hydrogens (tertiary/aromatic N) is 5. The van der Waals surface area contributed by atoms with E-state index in [0.29, 0.717) is 58.1 Å². The summed E-state index contributed by atoms with van der Waals surface area (Å²) in [6, 6.07) is 19.4. The maximum Gasteiger partial charge on any atom is 0.262 e. The molecule has 0 saturated carbocycles.